The molecule has 1 aromatic carbocycles. The molecule has 0 spiro atoms. The number of amides is 1. The van der Waals surface area contributed by atoms with Gasteiger partial charge in [-0.15, -0.1) is 0 Å². The first-order valence-corrected chi connectivity index (χ1v) is 9.58. The predicted molar refractivity (Wildman–Crippen MR) is 102 cm³/mol. The molecule has 7 heteroatoms. The standard InChI is InChI=1S/C19H30N4O3/c1-2-3-4-5-11-20-16-13-18(22-14-16)19(24)21-12-10-15-6-8-17(9-7-15)23(25)26/h6-9,16,18,20,22H,2-5,10-14H2,1H3,(H,21,24). The van der Waals surface area contributed by atoms with E-state index in [0.717, 1.165) is 25.1 Å². The highest BCUT2D eigenvalue weighted by atomic mass is 16.6. The number of carbonyl (C=O) groups excluding carboxylic acids is 1. The van der Waals surface area contributed by atoms with Crippen molar-refractivity contribution >= 4 is 11.6 Å². The fourth-order valence-electron chi connectivity index (χ4n) is 3.19. The van der Waals surface area contributed by atoms with Crippen LogP contribution in [-0.4, -0.2) is 42.5 Å². The maximum Gasteiger partial charge on any atom is 0.269 e. The third-order valence-corrected chi connectivity index (χ3v) is 4.77. The van der Waals surface area contributed by atoms with Gasteiger partial charge in [-0.1, -0.05) is 38.3 Å². The van der Waals surface area contributed by atoms with E-state index in [2.05, 4.69) is 22.9 Å². The lowest BCUT2D eigenvalue weighted by Crippen LogP contribution is -2.41. The van der Waals surface area contributed by atoms with Crippen molar-refractivity contribution < 1.29 is 9.72 Å². The summed E-state index contributed by atoms with van der Waals surface area (Å²) in [6.45, 7) is 4.58. The van der Waals surface area contributed by atoms with Gasteiger partial charge in [-0.25, -0.2) is 0 Å². The topological polar surface area (TPSA) is 96.3 Å². The molecule has 1 aliphatic rings. The summed E-state index contributed by atoms with van der Waals surface area (Å²) in [5.41, 5.74) is 1.06. The minimum Gasteiger partial charge on any atom is -0.354 e. The summed E-state index contributed by atoms with van der Waals surface area (Å²) in [7, 11) is 0. The summed E-state index contributed by atoms with van der Waals surface area (Å²) in [6, 6.07) is 6.67. The van der Waals surface area contributed by atoms with Gasteiger partial charge in [0.25, 0.3) is 5.69 Å². The number of hydrogen-bond acceptors (Lipinski definition) is 5. The van der Waals surface area contributed by atoms with Gasteiger partial charge in [0.2, 0.25) is 5.91 Å². The van der Waals surface area contributed by atoms with Crippen LogP contribution in [0.1, 0.15) is 44.6 Å². The van der Waals surface area contributed by atoms with Crippen LogP contribution in [0.2, 0.25) is 0 Å². The average molecular weight is 362 g/mol. The summed E-state index contributed by atoms with van der Waals surface area (Å²) < 4.78 is 0. The second kappa shape index (κ2) is 10.9. The van der Waals surface area contributed by atoms with Crippen molar-refractivity contribution in [1.82, 2.24) is 16.0 Å². The molecular weight excluding hydrogens is 332 g/mol. The average Bonchev–Trinajstić information content (AvgIpc) is 3.11. The molecule has 1 heterocycles. The molecule has 7 nitrogen and oxygen atoms in total. The molecule has 2 atom stereocenters. The van der Waals surface area contributed by atoms with Crippen LogP contribution < -0.4 is 16.0 Å². The Morgan fingerprint density at radius 3 is 2.69 bits per heavy atom. The molecule has 0 aliphatic carbocycles. The van der Waals surface area contributed by atoms with E-state index in [4.69, 9.17) is 0 Å². The van der Waals surface area contributed by atoms with Crippen molar-refractivity contribution in [2.24, 2.45) is 0 Å². The summed E-state index contributed by atoms with van der Waals surface area (Å²) in [5.74, 6) is 0.0298. The smallest absolute Gasteiger partial charge is 0.269 e. The number of nitrogens with zero attached hydrogens (tertiary/aromatic N) is 1. The monoisotopic (exact) mass is 362 g/mol. The van der Waals surface area contributed by atoms with Crippen molar-refractivity contribution in [3.8, 4) is 0 Å². The lowest BCUT2D eigenvalue weighted by Gasteiger charge is -2.13. The van der Waals surface area contributed by atoms with Gasteiger partial charge in [-0.3, -0.25) is 14.9 Å². The van der Waals surface area contributed by atoms with E-state index in [9.17, 15) is 14.9 Å². The van der Waals surface area contributed by atoms with Crippen LogP contribution in [0, 0.1) is 10.1 Å². The highest BCUT2D eigenvalue weighted by Crippen LogP contribution is 2.12. The second-order valence-electron chi connectivity index (χ2n) is 6.87. The number of unbranched alkanes of at least 4 members (excludes halogenated alkanes) is 3. The molecule has 26 heavy (non-hydrogen) atoms. The Bertz CT molecular complexity index is 577. The first kappa shape index (κ1) is 20.3. The Morgan fingerprint density at radius 1 is 1.23 bits per heavy atom. The number of non-ortho nitro benzene ring substituents is 1. The maximum absolute atomic E-state index is 12.2. The van der Waals surface area contributed by atoms with Crippen LogP contribution >= 0.6 is 0 Å². The van der Waals surface area contributed by atoms with Crippen LogP contribution in [0.3, 0.4) is 0 Å². The summed E-state index contributed by atoms with van der Waals surface area (Å²) in [4.78, 5) is 22.5. The van der Waals surface area contributed by atoms with E-state index in [0.29, 0.717) is 19.0 Å². The van der Waals surface area contributed by atoms with E-state index >= 15 is 0 Å². The van der Waals surface area contributed by atoms with Crippen LogP contribution in [0.25, 0.3) is 0 Å². The van der Waals surface area contributed by atoms with Crippen LogP contribution in [0.15, 0.2) is 24.3 Å². The van der Waals surface area contributed by atoms with Gasteiger partial charge in [-0.2, -0.15) is 0 Å². The molecule has 3 N–H and O–H groups in total. The van der Waals surface area contributed by atoms with Gasteiger partial charge >= 0.3 is 0 Å². The van der Waals surface area contributed by atoms with E-state index in [-0.39, 0.29) is 17.6 Å². The van der Waals surface area contributed by atoms with Gasteiger partial charge in [0, 0.05) is 31.3 Å². The minimum atomic E-state index is -0.411. The zero-order valence-corrected chi connectivity index (χ0v) is 15.5. The lowest BCUT2D eigenvalue weighted by atomic mass is 10.1. The van der Waals surface area contributed by atoms with Crippen molar-refractivity contribution in [1.29, 1.82) is 0 Å². The van der Waals surface area contributed by atoms with Crippen LogP contribution in [0.4, 0.5) is 5.69 Å². The molecule has 1 saturated heterocycles. The number of rotatable bonds is 11. The van der Waals surface area contributed by atoms with E-state index in [1.54, 1.807) is 12.1 Å². The summed E-state index contributed by atoms with van der Waals surface area (Å²) in [5, 5.41) is 20.4. The maximum atomic E-state index is 12.2. The molecule has 1 aliphatic heterocycles. The van der Waals surface area contributed by atoms with Crippen LogP contribution in [-0.2, 0) is 11.2 Å². The van der Waals surface area contributed by atoms with Gasteiger partial charge in [0.1, 0.15) is 0 Å². The SMILES string of the molecule is CCCCCCNC1CNC(C(=O)NCCc2ccc([N+](=O)[O-])cc2)C1. The number of hydrogen-bond donors (Lipinski definition) is 3. The first-order valence-electron chi connectivity index (χ1n) is 9.58. The Morgan fingerprint density at radius 2 is 2.00 bits per heavy atom. The molecule has 0 aromatic heterocycles. The molecule has 1 aromatic rings. The predicted octanol–water partition coefficient (Wildman–Crippen LogP) is 2.15. The van der Waals surface area contributed by atoms with Crippen molar-refractivity contribution in [3.05, 3.63) is 39.9 Å². The Labute approximate surface area is 155 Å². The Kier molecular flexibility index (Phi) is 8.50. The van der Waals surface area contributed by atoms with Gasteiger partial charge in [-0.05, 0) is 31.4 Å². The first-order chi connectivity index (χ1) is 12.6. The minimum absolute atomic E-state index is 0.0298. The van der Waals surface area contributed by atoms with E-state index < -0.39 is 4.92 Å². The zero-order valence-electron chi connectivity index (χ0n) is 15.5. The summed E-state index contributed by atoms with van der Waals surface area (Å²) >= 11 is 0. The largest absolute Gasteiger partial charge is 0.354 e. The molecule has 2 rings (SSSR count). The number of nitro benzene ring substituents is 1. The Hall–Kier alpha value is -1.99. The summed E-state index contributed by atoms with van der Waals surface area (Å²) in [6.07, 6.45) is 6.46. The van der Waals surface area contributed by atoms with E-state index in [1.165, 1.54) is 37.8 Å². The zero-order chi connectivity index (χ0) is 18.8. The van der Waals surface area contributed by atoms with Gasteiger partial charge in [0.15, 0.2) is 0 Å². The number of nitro groups is 1. The number of nitrogens with one attached hydrogen (secondary N) is 3. The molecule has 0 bridgehead atoms. The quantitative estimate of drug-likeness (QED) is 0.318. The van der Waals surface area contributed by atoms with Crippen LogP contribution in [0.5, 0.6) is 0 Å². The van der Waals surface area contributed by atoms with Crippen molar-refractivity contribution in [3.63, 3.8) is 0 Å². The third-order valence-electron chi connectivity index (χ3n) is 4.77. The molecule has 0 radical (unpaired) electrons. The molecular formula is C19H30N4O3. The molecule has 1 fully saturated rings. The van der Waals surface area contributed by atoms with Crippen molar-refractivity contribution in [2.75, 3.05) is 19.6 Å². The number of carbonyl (C=O) groups is 1. The molecule has 1 amide bonds. The molecule has 0 saturated carbocycles. The van der Waals surface area contributed by atoms with Crippen molar-refractivity contribution in [2.45, 2.75) is 57.5 Å². The Balaban J connectivity index is 1.61. The molecule has 144 valence electrons. The number of benzene rings is 1. The third kappa shape index (κ3) is 6.72. The fraction of sp³-hybridized carbons (Fsp3) is 0.632. The normalized spacial score (nSPS) is 19.4. The fourth-order valence-corrected chi connectivity index (χ4v) is 3.19. The lowest BCUT2D eigenvalue weighted by molar-refractivity contribution is -0.384. The highest BCUT2D eigenvalue weighted by Gasteiger charge is 2.28. The highest BCUT2D eigenvalue weighted by molar-refractivity contribution is 5.82. The van der Waals surface area contributed by atoms with Gasteiger partial charge in [0.05, 0.1) is 11.0 Å². The second-order valence-corrected chi connectivity index (χ2v) is 6.87. The van der Waals surface area contributed by atoms with Gasteiger partial charge < -0.3 is 16.0 Å². The molecule has 2 unspecified atom stereocenters. The van der Waals surface area contributed by atoms with E-state index in [1.807, 2.05) is 0 Å².